The van der Waals surface area contributed by atoms with E-state index in [0.717, 1.165) is 28.4 Å². The van der Waals surface area contributed by atoms with E-state index in [1.807, 2.05) is 6.92 Å². The van der Waals surface area contributed by atoms with Gasteiger partial charge in [0.25, 0.3) is 0 Å². The lowest BCUT2D eigenvalue weighted by Gasteiger charge is -2.09. The SMILES string of the molecule is CCc1cnc(CNc2c(F)cc(C(N)=S)cc2F)s1. The second-order valence-electron chi connectivity index (χ2n) is 4.11. The third kappa shape index (κ3) is 3.29. The predicted molar refractivity (Wildman–Crippen MR) is 81.1 cm³/mol. The molecule has 0 spiro atoms. The molecule has 3 N–H and O–H groups in total. The highest BCUT2D eigenvalue weighted by atomic mass is 32.1. The van der Waals surface area contributed by atoms with Crippen LogP contribution in [0, 0.1) is 11.6 Å². The first-order valence-corrected chi connectivity index (χ1v) is 7.20. The molecule has 0 atom stereocenters. The van der Waals surface area contributed by atoms with Crippen molar-refractivity contribution in [3.63, 3.8) is 0 Å². The molecule has 0 aliphatic heterocycles. The zero-order valence-corrected chi connectivity index (χ0v) is 12.4. The molecule has 106 valence electrons. The summed E-state index contributed by atoms with van der Waals surface area (Å²) < 4.78 is 27.6. The van der Waals surface area contributed by atoms with Crippen LogP contribution in [0.25, 0.3) is 0 Å². The van der Waals surface area contributed by atoms with Crippen molar-refractivity contribution in [3.05, 3.63) is 45.4 Å². The number of nitrogens with one attached hydrogen (secondary N) is 1. The summed E-state index contributed by atoms with van der Waals surface area (Å²) in [5.74, 6) is -1.44. The average molecular weight is 313 g/mol. The zero-order valence-electron chi connectivity index (χ0n) is 10.7. The van der Waals surface area contributed by atoms with E-state index in [9.17, 15) is 8.78 Å². The lowest BCUT2D eigenvalue weighted by molar-refractivity contribution is 0.587. The fourth-order valence-corrected chi connectivity index (χ4v) is 2.56. The van der Waals surface area contributed by atoms with E-state index < -0.39 is 11.6 Å². The van der Waals surface area contributed by atoms with Crippen molar-refractivity contribution in [1.29, 1.82) is 0 Å². The predicted octanol–water partition coefficient (Wildman–Crippen LogP) is 3.23. The molecule has 0 radical (unpaired) electrons. The highest BCUT2D eigenvalue weighted by Crippen LogP contribution is 2.22. The molecular weight excluding hydrogens is 300 g/mol. The Morgan fingerprint density at radius 1 is 1.40 bits per heavy atom. The Bertz CT molecular complexity index is 617. The van der Waals surface area contributed by atoms with Crippen molar-refractivity contribution < 1.29 is 8.78 Å². The molecule has 0 fully saturated rings. The van der Waals surface area contributed by atoms with Crippen molar-refractivity contribution in [2.45, 2.75) is 19.9 Å². The minimum absolute atomic E-state index is 0.0399. The van der Waals surface area contributed by atoms with Gasteiger partial charge in [0.05, 0.1) is 6.54 Å². The molecule has 0 amide bonds. The minimum atomic E-state index is -0.722. The number of nitrogens with two attached hydrogens (primary N) is 1. The van der Waals surface area contributed by atoms with Crippen LogP contribution in [0.1, 0.15) is 22.4 Å². The Morgan fingerprint density at radius 2 is 2.05 bits per heavy atom. The summed E-state index contributed by atoms with van der Waals surface area (Å²) in [5, 5.41) is 3.49. The Labute approximate surface area is 124 Å². The Hall–Kier alpha value is -1.60. The molecule has 2 rings (SSSR count). The van der Waals surface area contributed by atoms with Crippen LogP contribution in [0.4, 0.5) is 14.5 Å². The number of hydrogen-bond donors (Lipinski definition) is 2. The van der Waals surface area contributed by atoms with E-state index in [0.29, 0.717) is 0 Å². The Balaban J connectivity index is 2.15. The molecule has 1 aromatic heterocycles. The second-order valence-corrected chi connectivity index (χ2v) is 5.75. The maximum Gasteiger partial charge on any atom is 0.150 e. The van der Waals surface area contributed by atoms with E-state index in [1.54, 1.807) is 6.20 Å². The number of thiazole rings is 1. The third-order valence-corrected chi connectivity index (χ3v) is 4.07. The maximum atomic E-state index is 13.8. The van der Waals surface area contributed by atoms with Crippen LogP contribution in [0.15, 0.2) is 18.3 Å². The van der Waals surface area contributed by atoms with E-state index in [1.165, 1.54) is 11.3 Å². The smallest absolute Gasteiger partial charge is 0.150 e. The topological polar surface area (TPSA) is 50.9 Å². The van der Waals surface area contributed by atoms with Gasteiger partial charge in [0.15, 0.2) is 0 Å². The first-order valence-electron chi connectivity index (χ1n) is 5.97. The molecule has 2 aromatic rings. The molecule has 0 saturated heterocycles. The van der Waals surface area contributed by atoms with Gasteiger partial charge in [0.1, 0.15) is 27.3 Å². The fourth-order valence-electron chi connectivity index (χ4n) is 1.64. The van der Waals surface area contributed by atoms with Crippen molar-refractivity contribution in [1.82, 2.24) is 4.98 Å². The van der Waals surface area contributed by atoms with Crippen LogP contribution in [0.5, 0.6) is 0 Å². The minimum Gasteiger partial charge on any atom is -0.389 e. The Morgan fingerprint density at radius 3 is 2.55 bits per heavy atom. The molecule has 0 aliphatic carbocycles. The van der Waals surface area contributed by atoms with Gasteiger partial charge in [-0.25, -0.2) is 13.8 Å². The van der Waals surface area contributed by atoms with Gasteiger partial charge < -0.3 is 11.1 Å². The molecule has 0 aliphatic rings. The van der Waals surface area contributed by atoms with Gasteiger partial charge in [-0.3, -0.25) is 0 Å². The summed E-state index contributed by atoms with van der Waals surface area (Å²) in [6.45, 7) is 2.30. The first-order chi connectivity index (χ1) is 9.51. The molecular formula is C13H13F2N3S2. The van der Waals surface area contributed by atoms with E-state index >= 15 is 0 Å². The van der Waals surface area contributed by atoms with Crippen LogP contribution < -0.4 is 11.1 Å². The van der Waals surface area contributed by atoms with Crippen LogP contribution in [0.2, 0.25) is 0 Å². The molecule has 7 heteroatoms. The maximum absolute atomic E-state index is 13.8. The van der Waals surface area contributed by atoms with Crippen molar-refractivity contribution >= 4 is 34.2 Å². The number of rotatable bonds is 5. The lowest BCUT2D eigenvalue weighted by Crippen LogP contribution is -2.12. The summed E-state index contributed by atoms with van der Waals surface area (Å²) in [4.78, 5) is 5.27. The van der Waals surface area contributed by atoms with Crippen molar-refractivity contribution in [2.75, 3.05) is 5.32 Å². The Kier molecular flexibility index (Phi) is 4.61. The van der Waals surface area contributed by atoms with Gasteiger partial charge in [0.2, 0.25) is 0 Å². The van der Waals surface area contributed by atoms with Crippen molar-refractivity contribution in [2.24, 2.45) is 5.73 Å². The van der Waals surface area contributed by atoms with Crippen LogP contribution in [-0.4, -0.2) is 9.97 Å². The summed E-state index contributed by atoms with van der Waals surface area (Å²) in [6.07, 6.45) is 2.66. The zero-order chi connectivity index (χ0) is 14.7. The highest BCUT2D eigenvalue weighted by molar-refractivity contribution is 7.80. The number of anilines is 1. The van der Waals surface area contributed by atoms with E-state index in [-0.39, 0.29) is 22.8 Å². The van der Waals surface area contributed by atoms with Crippen LogP contribution in [0.3, 0.4) is 0 Å². The van der Waals surface area contributed by atoms with Gasteiger partial charge in [-0.1, -0.05) is 19.1 Å². The van der Waals surface area contributed by atoms with Gasteiger partial charge in [0, 0.05) is 16.6 Å². The highest BCUT2D eigenvalue weighted by Gasteiger charge is 2.12. The first kappa shape index (κ1) is 14.8. The molecule has 0 saturated carbocycles. The second kappa shape index (κ2) is 6.23. The van der Waals surface area contributed by atoms with Gasteiger partial charge in [-0.2, -0.15) is 0 Å². The number of thiocarbonyl (C=S) groups is 1. The standard InChI is InChI=1S/C13H13F2N3S2/c1-2-8-5-17-11(20-8)6-18-12-9(14)3-7(13(16)19)4-10(12)15/h3-5,18H,2,6H2,1H3,(H2,16,19). The number of aromatic nitrogens is 1. The average Bonchev–Trinajstić information content (AvgIpc) is 2.85. The quantitative estimate of drug-likeness (QED) is 0.832. The molecule has 0 bridgehead atoms. The summed E-state index contributed by atoms with van der Waals surface area (Å²) >= 11 is 6.21. The monoisotopic (exact) mass is 313 g/mol. The number of hydrogen-bond acceptors (Lipinski definition) is 4. The largest absolute Gasteiger partial charge is 0.389 e. The number of aryl methyl sites for hydroxylation is 1. The lowest BCUT2D eigenvalue weighted by atomic mass is 10.2. The number of nitrogens with zero attached hydrogens (tertiary/aromatic N) is 1. The summed E-state index contributed by atoms with van der Waals surface area (Å²) in [7, 11) is 0. The van der Waals surface area contributed by atoms with E-state index in [4.69, 9.17) is 18.0 Å². The molecule has 1 heterocycles. The van der Waals surface area contributed by atoms with Crippen molar-refractivity contribution in [3.8, 4) is 0 Å². The molecule has 20 heavy (non-hydrogen) atoms. The fraction of sp³-hybridized carbons (Fsp3) is 0.231. The van der Waals surface area contributed by atoms with Gasteiger partial charge in [-0.15, -0.1) is 11.3 Å². The summed E-state index contributed by atoms with van der Waals surface area (Å²) in [6, 6.07) is 2.24. The number of halogens is 2. The normalized spacial score (nSPS) is 10.6. The molecule has 3 nitrogen and oxygen atoms in total. The van der Waals surface area contributed by atoms with Gasteiger partial charge >= 0.3 is 0 Å². The van der Waals surface area contributed by atoms with Crippen LogP contribution in [-0.2, 0) is 13.0 Å². The number of benzene rings is 1. The molecule has 0 unspecified atom stereocenters. The summed E-state index contributed by atoms with van der Waals surface area (Å²) in [5.41, 5.74) is 5.33. The van der Waals surface area contributed by atoms with Gasteiger partial charge in [-0.05, 0) is 18.6 Å². The van der Waals surface area contributed by atoms with E-state index in [2.05, 4.69) is 10.3 Å². The third-order valence-electron chi connectivity index (χ3n) is 2.69. The molecule has 1 aromatic carbocycles. The van der Waals surface area contributed by atoms with Crippen LogP contribution >= 0.6 is 23.6 Å².